The average Bonchev–Trinajstić information content (AvgIpc) is 3.06. The summed E-state index contributed by atoms with van der Waals surface area (Å²) in [6.07, 6.45) is -0.786. The summed E-state index contributed by atoms with van der Waals surface area (Å²) in [5.74, 6) is -0.249. The molecule has 3 rings (SSSR count). The molecule has 1 heterocycles. The first-order valence-corrected chi connectivity index (χ1v) is 9.84. The predicted molar refractivity (Wildman–Crippen MR) is 113 cm³/mol. The molecule has 0 saturated heterocycles. The number of rotatable bonds is 6. The highest BCUT2D eigenvalue weighted by Crippen LogP contribution is 2.29. The summed E-state index contributed by atoms with van der Waals surface area (Å²) < 4.78 is 6.70. The number of nitrogens with one attached hydrogen (secondary N) is 2. The topological polar surface area (TPSA) is 104 Å². The first kappa shape index (κ1) is 20.3. The number of nitriles is 1. The van der Waals surface area contributed by atoms with Crippen molar-refractivity contribution >= 4 is 44.2 Å². The number of fused-ring (bicyclic) bond motifs is 1. The molecule has 1 unspecified atom stereocenters. The molecule has 29 heavy (non-hydrogen) atoms. The quantitative estimate of drug-likeness (QED) is 0.637. The molecule has 0 fully saturated rings. The Hall–Kier alpha value is -3.44. The maximum absolute atomic E-state index is 12.8. The van der Waals surface area contributed by atoms with Gasteiger partial charge in [-0.15, -0.1) is 0 Å². The smallest absolute Gasteiger partial charge is 0.267 e. The number of para-hydroxylation sites is 1. The van der Waals surface area contributed by atoms with Crippen LogP contribution in [0, 0.1) is 17.2 Å². The summed E-state index contributed by atoms with van der Waals surface area (Å²) in [4.78, 5) is 28.5. The Labute approximate surface area is 172 Å². The van der Waals surface area contributed by atoms with E-state index >= 15 is 0 Å². The third kappa shape index (κ3) is 4.89. The SMILES string of the molecule is CC(=O)Nc1ccc2nc(NC(=O)C(Oc3ccccc3C#N)C(C)C)sc2c1. The first-order chi connectivity index (χ1) is 13.9. The van der Waals surface area contributed by atoms with Crippen LogP contribution in [0.1, 0.15) is 26.3 Å². The van der Waals surface area contributed by atoms with Crippen molar-refractivity contribution in [2.75, 3.05) is 10.6 Å². The molecule has 0 spiro atoms. The molecule has 1 atom stereocenters. The van der Waals surface area contributed by atoms with Crippen LogP contribution in [-0.4, -0.2) is 22.9 Å². The first-order valence-electron chi connectivity index (χ1n) is 9.02. The standard InChI is InChI=1S/C21H20N4O3S/c1-12(2)19(28-17-7-5-4-6-14(17)11-22)20(27)25-21-24-16-9-8-15(23-13(3)26)10-18(16)29-21/h4-10,12,19H,1-3H3,(H,23,26)(H,24,25,27). The molecular formula is C21H20N4O3S. The normalized spacial score (nSPS) is 11.7. The predicted octanol–water partition coefficient (Wildman–Crippen LogP) is 4.17. The van der Waals surface area contributed by atoms with Crippen LogP contribution in [0.3, 0.4) is 0 Å². The van der Waals surface area contributed by atoms with Gasteiger partial charge in [-0.2, -0.15) is 5.26 Å². The molecule has 7 nitrogen and oxygen atoms in total. The van der Waals surface area contributed by atoms with Gasteiger partial charge in [0.1, 0.15) is 11.8 Å². The Morgan fingerprint density at radius 2 is 1.93 bits per heavy atom. The number of hydrogen-bond donors (Lipinski definition) is 2. The van der Waals surface area contributed by atoms with Gasteiger partial charge < -0.3 is 10.1 Å². The second-order valence-corrected chi connectivity index (χ2v) is 7.79. The minimum absolute atomic E-state index is 0.123. The Balaban J connectivity index is 1.79. The molecule has 0 radical (unpaired) electrons. The van der Waals surface area contributed by atoms with E-state index in [-0.39, 0.29) is 17.7 Å². The van der Waals surface area contributed by atoms with E-state index in [4.69, 9.17) is 4.74 Å². The lowest BCUT2D eigenvalue weighted by atomic mass is 10.1. The number of hydrogen-bond acceptors (Lipinski definition) is 6. The second-order valence-electron chi connectivity index (χ2n) is 6.76. The molecule has 0 aliphatic carbocycles. The Bertz CT molecular complexity index is 1100. The summed E-state index contributed by atoms with van der Waals surface area (Å²) in [6.45, 7) is 5.19. The number of amides is 2. The van der Waals surface area contributed by atoms with Crippen LogP contribution >= 0.6 is 11.3 Å². The molecule has 0 aliphatic rings. The monoisotopic (exact) mass is 408 g/mol. The Morgan fingerprint density at radius 3 is 2.62 bits per heavy atom. The van der Waals surface area contributed by atoms with Gasteiger partial charge in [0.25, 0.3) is 5.91 Å². The Kier molecular flexibility index (Phi) is 6.10. The third-order valence-electron chi connectivity index (χ3n) is 4.06. The van der Waals surface area contributed by atoms with E-state index in [2.05, 4.69) is 21.7 Å². The van der Waals surface area contributed by atoms with Crippen LogP contribution < -0.4 is 15.4 Å². The van der Waals surface area contributed by atoms with E-state index in [9.17, 15) is 14.9 Å². The summed E-state index contributed by atoms with van der Waals surface area (Å²) in [6, 6.07) is 14.2. The number of aromatic nitrogens is 1. The molecule has 0 saturated carbocycles. The van der Waals surface area contributed by atoms with Crippen molar-refractivity contribution in [2.24, 2.45) is 5.92 Å². The molecule has 2 amide bonds. The molecule has 0 bridgehead atoms. The molecular weight excluding hydrogens is 388 g/mol. The van der Waals surface area contributed by atoms with Gasteiger partial charge in [-0.1, -0.05) is 37.3 Å². The summed E-state index contributed by atoms with van der Waals surface area (Å²) in [5, 5.41) is 15.2. The zero-order valence-electron chi connectivity index (χ0n) is 16.2. The van der Waals surface area contributed by atoms with Crippen LogP contribution in [0.15, 0.2) is 42.5 Å². The second kappa shape index (κ2) is 8.71. The number of nitrogens with zero attached hydrogens (tertiary/aromatic N) is 2. The van der Waals surface area contributed by atoms with Crippen LogP contribution in [0.4, 0.5) is 10.8 Å². The van der Waals surface area contributed by atoms with Crippen LogP contribution in [0.25, 0.3) is 10.2 Å². The van der Waals surface area contributed by atoms with E-state index < -0.39 is 6.10 Å². The fourth-order valence-corrected chi connectivity index (χ4v) is 3.63. The van der Waals surface area contributed by atoms with Gasteiger partial charge in [-0.05, 0) is 36.2 Å². The van der Waals surface area contributed by atoms with Gasteiger partial charge in [0.2, 0.25) is 5.91 Å². The fourth-order valence-electron chi connectivity index (χ4n) is 2.73. The van der Waals surface area contributed by atoms with Crippen molar-refractivity contribution in [1.82, 2.24) is 4.98 Å². The number of benzene rings is 2. The molecule has 1 aromatic heterocycles. The highest BCUT2D eigenvalue weighted by Gasteiger charge is 2.26. The van der Waals surface area contributed by atoms with E-state index in [0.717, 1.165) is 10.2 Å². The van der Waals surface area contributed by atoms with Crippen molar-refractivity contribution in [1.29, 1.82) is 5.26 Å². The van der Waals surface area contributed by atoms with E-state index in [1.165, 1.54) is 18.3 Å². The maximum atomic E-state index is 12.8. The highest BCUT2D eigenvalue weighted by atomic mass is 32.1. The zero-order chi connectivity index (χ0) is 21.0. The molecule has 2 aromatic carbocycles. The number of thiazole rings is 1. The van der Waals surface area contributed by atoms with Gasteiger partial charge in [0.15, 0.2) is 11.2 Å². The zero-order valence-corrected chi connectivity index (χ0v) is 17.0. The van der Waals surface area contributed by atoms with Gasteiger partial charge >= 0.3 is 0 Å². The number of carbonyl (C=O) groups is 2. The highest BCUT2D eigenvalue weighted by molar-refractivity contribution is 7.22. The molecule has 148 valence electrons. The fraction of sp³-hybridized carbons (Fsp3) is 0.238. The van der Waals surface area contributed by atoms with Crippen molar-refractivity contribution in [2.45, 2.75) is 26.9 Å². The number of ether oxygens (including phenoxy) is 1. The lowest BCUT2D eigenvalue weighted by molar-refractivity contribution is -0.124. The van der Waals surface area contributed by atoms with E-state index in [0.29, 0.717) is 22.1 Å². The van der Waals surface area contributed by atoms with Crippen molar-refractivity contribution < 1.29 is 14.3 Å². The number of carbonyl (C=O) groups excluding carboxylic acids is 2. The van der Waals surface area contributed by atoms with Gasteiger partial charge in [-0.3, -0.25) is 14.9 Å². The maximum Gasteiger partial charge on any atom is 0.267 e. The summed E-state index contributed by atoms with van der Waals surface area (Å²) in [5.41, 5.74) is 1.76. The van der Waals surface area contributed by atoms with E-state index in [1.54, 1.807) is 36.4 Å². The van der Waals surface area contributed by atoms with Crippen molar-refractivity contribution in [3.63, 3.8) is 0 Å². The van der Waals surface area contributed by atoms with Crippen LogP contribution in [0.2, 0.25) is 0 Å². The van der Waals surface area contributed by atoms with Gasteiger partial charge in [0.05, 0.1) is 15.8 Å². The van der Waals surface area contributed by atoms with Gasteiger partial charge in [0, 0.05) is 12.6 Å². The average molecular weight is 408 g/mol. The molecule has 0 aliphatic heterocycles. The number of anilines is 2. The summed E-state index contributed by atoms with van der Waals surface area (Å²) in [7, 11) is 0. The molecule has 2 N–H and O–H groups in total. The lowest BCUT2D eigenvalue weighted by Crippen LogP contribution is -2.37. The van der Waals surface area contributed by atoms with Crippen molar-refractivity contribution in [3.05, 3.63) is 48.0 Å². The van der Waals surface area contributed by atoms with Crippen molar-refractivity contribution in [3.8, 4) is 11.8 Å². The van der Waals surface area contributed by atoms with E-state index in [1.807, 2.05) is 19.9 Å². The minimum Gasteiger partial charge on any atom is -0.479 e. The lowest BCUT2D eigenvalue weighted by Gasteiger charge is -2.21. The minimum atomic E-state index is -0.786. The van der Waals surface area contributed by atoms with Crippen LogP contribution in [-0.2, 0) is 9.59 Å². The Morgan fingerprint density at radius 1 is 1.17 bits per heavy atom. The molecule has 3 aromatic rings. The van der Waals surface area contributed by atoms with Gasteiger partial charge in [-0.25, -0.2) is 4.98 Å². The summed E-state index contributed by atoms with van der Waals surface area (Å²) >= 11 is 1.31. The third-order valence-corrected chi connectivity index (χ3v) is 5.00. The van der Waals surface area contributed by atoms with Crippen LogP contribution in [0.5, 0.6) is 5.75 Å². The largest absolute Gasteiger partial charge is 0.479 e. The molecule has 8 heteroatoms.